The Morgan fingerprint density at radius 2 is 1.68 bits per heavy atom. The summed E-state index contributed by atoms with van der Waals surface area (Å²) in [6, 6.07) is 8.22. The van der Waals surface area contributed by atoms with Crippen LogP contribution in [0.5, 0.6) is 0 Å². The highest BCUT2D eigenvalue weighted by atomic mass is 16.2. The monoisotopic (exact) mass is 421 g/mol. The van der Waals surface area contributed by atoms with Gasteiger partial charge in [0.2, 0.25) is 5.91 Å². The summed E-state index contributed by atoms with van der Waals surface area (Å²) in [6.45, 7) is 3.24. The lowest BCUT2D eigenvalue weighted by atomic mass is 9.81. The molecule has 3 aliphatic rings. The van der Waals surface area contributed by atoms with E-state index in [1.54, 1.807) is 0 Å². The standard InChI is InChI=1S/C25H31N3O3/c29-23-21(22(24(23)30)27-13-4-1-5-14-27)26-16-17-8-10-19(11-9-17)25(31)28-15-12-18-6-2-3-7-20(18)28/h2-3,6-7,17,19,26H,1,4-5,8-16H2. The van der Waals surface area contributed by atoms with Gasteiger partial charge in [0.15, 0.2) is 0 Å². The van der Waals surface area contributed by atoms with Crippen molar-refractivity contribution in [1.29, 1.82) is 0 Å². The third-order valence-electron chi connectivity index (χ3n) is 7.47. The minimum absolute atomic E-state index is 0.0949. The zero-order chi connectivity index (χ0) is 21.4. The van der Waals surface area contributed by atoms with Crippen LogP contribution in [0.2, 0.25) is 0 Å². The smallest absolute Gasteiger partial charge is 0.253 e. The van der Waals surface area contributed by atoms with Gasteiger partial charge in [0.05, 0.1) is 0 Å². The molecule has 0 bridgehead atoms. The highest BCUT2D eigenvalue weighted by Gasteiger charge is 2.33. The van der Waals surface area contributed by atoms with Crippen LogP contribution < -0.4 is 26.0 Å². The fourth-order valence-corrected chi connectivity index (χ4v) is 5.61. The van der Waals surface area contributed by atoms with Crippen LogP contribution in [0.4, 0.5) is 17.1 Å². The number of fused-ring (bicyclic) bond motifs is 1. The topological polar surface area (TPSA) is 69.7 Å². The molecule has 2 aromatic rings. The largest absolute Gasteiger partial charge is 0.380 e. The van der Waals surface area contributed by atoms with Crippen LogP contribution in [0.3, 0.4) is 0 Å². The molecule has 1 N–H and O–H groups in total. The molecule has 2 heterocycles. The van der Waals surface area contributed by atoms with Crippen LogP contribution >= 0.6 is 0 Å². The lowest BCUT2D eigenvalue weighted by Gasteiger charge is -2.33. The van der Waals surface area contributed by atoms with E-state index in [9.17, 15) is 14.4 Å². The number of nitrogens with zero attached hydrogens (tertiary/aromatic N) is 2. The van der Waals surface area contributed by atoms with Gasteiger partial charge >= 0.3 is 0 Å². The molecule has 0 atom stereocenters. The van der Waals surface area contributed by atoms with Crippen LogP contribution in [-0.4, -0.2) is 32.1 Å². The van der Waals surface area contributed by atoms with E-state index in [4.69, 9.17) is 0 Å². The van der Waals surface area contributed by atoms with Crippen molar-refractivity contribution in [2.75, 3.05) is 41.3 Å². The van der Waals surface area contributed by atoms with Crippen molar-refractivity contribution >= 4 is 23.0 Å². The Hall–Kier alpha value is -2.63. The van der Waals surface area contributed by atoms with Gasteiger partial charge in [-0.3, -0.25) is 14.4 Å². The van der Waals surface area contributed by atoms with E-state index in [2.05, 4.69) is 22.3 Å². The molecule has 5 rings (SSSR count). The maximum atomic E-state index is 13.1. The zero-order valence-electron chi connectivity index (χ0n) is 18.1. The Morgan fingerprint density at radius 1 is 0.935 bits per heavy atom. The van der Waals surface area contributed by atoms with Gasteiger partial charge in [-0.2, -0.15) is 0 Å². The summed E-state index contributed by atoms with van der Waals surface area (Å²) >= 11 is 0. The van der Waals surface area contributed by atoms with Crippen LogP contribution in [0.15, 0.2) is 33.9 Å². The molecule has 1 aliphatic carbocycles. The molecule has 0 spiro atoms. The Morgan fingerprint density at radius 3 is 2.45 bits per heavy atom. The highest BCUT2D eigenvalue weighted by Crippen LogP contribution is 2.35. The van der Waals surface area contributed by atoms with Crippen molar-refractivity contribution in [3.63, 3.8) is 0 Å². The van der Waals surface area contributed by atoms with Gasteiger partial charge < -0.3 is 15.1 Å². The van der Waals surface area contributed by atoms with Crippen LogP contribution in [0.1, 0.15) is 50.5 Å². The maximum absolute atomic E-state index is 13.1. The number of rotatable bonds is 5. The van der Waals surface area contributed by atoms with Gasteiger partial charge in [0.1, 0.15) is 11.4 Å². The lowest BCUT2D eigenvalue weighted by molar-refractivity contribution is -0.123. The van der Waals surface area contributed by atoms with Gasteiger partial charge in [0, 0.05) is 37.8 Å². The second kappa shape index (κ2) is 8.48. The second-order valence-electron chi connectivity index (χ2n) is 9.40. The summed E-state index contributed by atoms with van der Waals surface area (Å²) in [5, 5.41) is 3.30. The molecular weight excluding hydrogens is 390 g/mol. The number of carbonyl (C=O) groups excluding carboxylic acids is 1. The van der Waals surface area contributed by atoms with E-state index in [-0.39, 0.29) is 22.7 Å². The number of para-hydroxylation sites is 1. The Kier molecular flexibility index (Phi) is 5.55. The van der Waals surface area contributed by atoms with E-state index >= 15 is 0 Å². The number of nitrogens with one attached hydrogen (secondary N) is 1. The maximum Gasteiger partial charge on any atom is 0.253 e. The SMILES string of the molecule is O=C(C1CCC(CNc2c(N3CCCCC3)c(=O)c2=O)CC1)N1CCc2ccccc21. The minimum atomic E-state index is -0.364. The van der Waals surface area contributed by atoms with Gasteiger partial charge in [-0.1, -0.05) is 18.2 Å². The highest BCUT2D eigenvalue weighted by molar-refractivity contribution is 5.97. The van der Waals surface area contributed by atoms with Crippen molar-refractivity contribution < 1.29 is 4.79 Å². The molecule has 2 aliphatic heterocycles. The number of hydrogen-bond acceptors (Lipinski definition) is 5. The summed E-state index contributed by atoms with van der Waals surface area (Å²) in [7, 11) is 0. The zero-order valence-corrected chi connectivity index (χ0v) is 18.1. The molecule has 164 valence electrons. The number of amides is 1. The molecule has 2 aromatic carbocycles. The van der Waals surface area contributed by atoms with Crippen LogP contribution in [-0.2, 0) is 11.2 Å². The number of hydrogen-bond donors (Lipinski definition) is 1. The molecular formula is C25H31N3O3. The first-order valence-corrected chi connectivity index (χ1v) is 11.8. The first kappa shape index (κ1) is 20.3. The van der Waals surface area contributed by atoms with Crippen molar-refractivity contribution in [1.82, 2.24) is 0 Å². The lowest BCUT2D eigenvalue weighted by Crippen LogP contribution is -2.45. The van der Waals surface area contributed by atoms with Gasteiger partial charge in [-0.05, 0) is 68.9 Å². The van der Waals surface area contributed by atoms with E-state index in [0.717, 1.165) is 70.3 Å². The van der Waals surface area contributed by atoms with Crippen LogP contribution in [0, 0.1) is 11.8 Å². The normalized spacial score (nSPS) is 23.7. The average molecular weight is 422 g/mol. The predicted molar refractivity (Wildman–Crippen MR) is 124 cm³/mol. The number of benzene rings is 1. The van der Waals surface area contributed by atoms with Gasteiger partial charge in [-0.15, -0.1) is 0 Å². The second-order valence-corrected chi connectivity index (χ2v) is 9.40. The number of anilines is 3. The van der Waals surface area contributed by atoms with Crippen molar-refractivity contribution in [3.8, 4) is 0 Å². The molecule has 6 nitrogen and oxygen atoms in total. The molecule has 31 heavy (non-hydrogen) atoms. The van der Waals surface area contributed by atoms with E-state index in [0.29, 0.717) is 23.8 Å². The summed E-state index contributed by atoms with van der Waals surface area (Å²) in [6.07, 6.45) is 8.06. The van der Waals surface area contributed by atoms with Crippen molar-refractivity contribution in [2.24, 2.45) is 11.8 Å². The molecule has 1 amide bonds. The molecule has 0 radical (unpaired) electrons. The Labute approximate surface area is 182 Å². The van der Waals surface area contributed by atoms with Crippen molar-refractivity contribution in [2.45, 2.75) is 51.4 Å². The van der Waals surface area contributed by atoms with Gasteiger partial charge in [0.25, 0.3) is 10.9 Å². The third-order valence-corrected chi connectivity index (χ3v) is 7.47. The molecule has 2 fully saturated rings. The summed E-state index contributed by atoms with van der Waals surface area (Å²) in [5.74, 6) is 0.803. The van der Waals surface area contributed by atoms with E-state index < -0.39 is 0 Å². The fraction of sp³-hybridized carbons (Fsp3) is 0.560. The van der Waals surface area contributed by atoms with Gasteiger partial charge in [-0.25, -0.2) is 0 Å². The van der Waals surface area contributed by atoms with E-state index in [1.807, 2.05) is 17.0 Å². The van der Waals surface area contributed by atoms with Crippen molar-refractivity contribution in [3.05, 3.63) is 50.3 Å². The third kappa shape index (κ3) is 3.77. The summed E-state index contributed by atoms with van der Waals surface area (Å²) in [4.78, 5) is 41.4. The first-order chi connectivity index (χ1) is 15.1. The van der Waals surface area contributed by atoms with E-state index in [1.165, 1.54) is 12.0 Å². The first-order valence-electron chi connectivity index (χ1n) is 11.8. The molecule has 1 saturated carbocycles. The predicted octanol–water partition coefficient (Wildman–Crippen LogP) is 3.08. The summed E-state index contributed by atoms with van der Waals surface area (Å²) < 4.78 is 0. The molecule has 1 saturated heterocycles. The average Bonchev–Trinajstić information content (AvgIpc) is 3.26. The molecule has 0 unspecified atom stereocenters. The Bertz CT molecular complexity index is 1030. The fourth-order valence-electron chi connectivity index (χ4n) is 5.61. The summed E-state index contributed by atoms with van der Waals surface area (Å²) in [5.41, 5.74) is 2.80. The Balaban J connectivity index is 1.15. The minimum Gasteiger partial charge on any atom is -0.380 e. The van der Waals surface area contributed by atoms with Crippen LogP contribution in [0.25, 0.3) is 0 Å². The molecule has 0 aromatic heterocycles. The number of carbonyl (C=O) groups is 1. The number of piperidine rings is 1. The quantitative estimate of drug-likeness (QED) is 0.752. The molecule has 6 heteroatoms.